The average molecular weight is 303 g/mol. The number of nitrogens with one attached hydrogen (secondary N) is 1. The third-order valence-electron chi connectivity index (χ3n) is 3.72. The van der Waals surface area contributed by atoms with Gasteiger partial charge < -0.3 is 5.73 Å². The Morgan fingerprint density at radius 1 is 1.42 bits per heavy atom. The van der Waals surface area contributed by atoms with Gasteiger partial charge in [-0.1, -0.05) is 24.9 Å². The summed E-state index contributed by atoms with van der Waals surface area (Å²) in [6.45, 7) is 2.30. The number of sulfonamides is 1. The Morgan fingerprint density at radius 3 is 2.74 bits per heavy atom. The molecule has 19 heavy (non-hydrogen) atoms. The monoisotopic (exact) mass is 302 g/mol. The lowest BCUT2D eigenvalue weighted by molar-refractivity contribution is 0.476. The third kappa shape index (κ3) is 3.28. The Hall–Kier alpha value is -0.620. The number of hydrogen-bond acceptors (Lipinski definition) is 3. The lowest BCUT2D eigenvalue weighted by Crippen LogP contribution is -2.36. The van der Waals surface area contributed by atoms with Crippen molar-refractivity contribution >= 4 is 21.6 Å². The van der Waals surface area contributed by atoms with Crippen LogP contribution in [0.2, 0.25) is 5.02 Å². The summed E-state index contributed by atoms with van der Waals surface area (Å²) in [6.07, 6.45) is 3.04. The van der Waals surface area contributed by atoms with Crippen LogP contribution in [0, 0.1) is 5.92 Å². The molecule has 0 aromatic heterocycles. The van der Waals surface area contributed by atoms with Gasteiger partial charge in [0.15, 0.2) is 0 Å². The standard InChI is InChI=1S/C13H19ClN2O2S/c1-9-3-2-4-13(9)16-19(17,18)11-5-6-12(14)10(7-11)8-15/h5-7,9,13,16H,2-4,8,15H2,1H3. The summed E-state index contributed by atoms with van der Waals surface area (Å²) in [4.78, 5) is 0.233. The molecule has 1 aromatic carbocycles. The zero-order valence-electron chi connectivity index (χ0n) is 10.9. The van der Waals surface area contributed by atoms with E-state index in [0.29, 0.717) is 16.5 Å². The van der Waals surface area contributed by atoms with Crippen molar-refractivity contribution < 1.29 is 8.42 Å². The molecule has 1 fully saturated rings. The molecule has 2 rings (SSSR count). The van der Waals surface area contributed by atoms with E-state index in [1.54, 1.807) is 12.1 Å². The Balaban J connectivity index is 2.24. The van der Waals surface area contributed by atoms with Gasteiger partial charge in [-0.05, 0) is 42.5 Å². The van der Waals surface area contributed by atoms with Gasteiger partial charge >= 0.3 is 0 Å². The van der Waals surface area contributed by atoms with Crippen LogP contribution in [0.5, 0.6) is 0 Å². The Kier molecular flexibility index (Phi) is 4.50. The van der Waals surface area contributed by atoms with Crippen molar-refractivity contribution in [2.45, 2.75) is 43.7 Å². The van der Waals surface area contributed by atoms with Crippen LogP contribution in [0.3, 0.4) is 0 Å². The Labute approximate surface area is 119 Å². The molecule has 0 radical (unpaired) electrons. The van der Waals surface area contributed by atoms with Gasteiger partial charge in [0.2, 0.25) is 10.0 Å². The quantitative estimate of drug-likeness (QED) is 0.896. The normalized spacial score (nSPS) is 23.7. The summed E-state index contributed by atoms with van der Waals surface area (Å²) in [5.74, 6) is 0.385. The molecule has 106 valence electrons. The van der Waals surface area contributed by atoms with Gasteiger partial charge in [0, 0.05) is 17.6 Å². The number of benzene rings is 1. The van der Waals surface area contributed by atoms with E-state index in [-0.39, 0.29) is 17.5 Å². The van der Waals surface area contributed by atoms with Crippen LogP contribution in [0.15, 0.2) is 23.1 Å². The van der Waals surface area contributed by atoms with Gasteiger partial charge in [-0.3, -0.25) is 0 Å². The van der Waals surface area contributed by atoms with Gasteiger partial charge in [0.1, 0.15) is 0 Å². The summed E-state index contributed by atoms with van der Waals surface area (Å²) in [5, 5.41) is 0.496. The maximum absolute atomic E-state index is 12.3. The molecule has 0 bridgehead atoms. The minimum Gasteiger partial charge on any atom is -0.326 e. The molecule has 3 N–H and O–H groups in total. The molecule has 2 atom stereocenters. The highest BCUT2D eigenvalue weighted by Crippen LogP contribution is 2.27. The number of hydrogen-bond donors (Lipinski definition) is 2. The zero-order chi connectivity index (χ0) is 14.0. The fourth-order valence-electron chi connectivity index (χ4n) is 2.46. The van der Waals surface area contributed by atoms with E-state index in [0.717, 1.165) is 19.3 Å². The predicted octanol–water partition coefficient (Wildman–Crippen LogP) is 2.27. The summed E-state index contributed by atoms with van der Waals surface area (Å²) in [5.41, 5.74) is 6.19. The fraction of sp³-hybridized carbons (Fsp3) is 0.538. The van der Waals surface area contributed by atoms with Crippen LogP contribution in [-0.2, 0) is 16.6 Å². The van der Waals surface area contributed by atoms with Crippen molar-refractivity contribution in [1.82, 2.24) is 4.72 Å². The SMILES string of the molecule is CC1CCCC1NS(=O)(=O)c1ccc(Cl)c(CN)c1. The first-order chi connectivity index (χ1) is 8.94. The van der Waals surface area contributed by atoms with Crippen molar-refractivity contribution in [2.75, 3.05) is 0 Å². The lowest BCUT2D eigenvalue weighted by Gasteiger charge is -2.17. The zero-order valence-corrected chi connectivity index (χ0v) is 12.5. The van der Waals surface area contributed by atoms with Gasteiger partial charge in [-0.25, -0.2) is 13.1 Å². The van der Waals surface area contributed by atoms with Gasteiger partial charge in [-0.2, -0.15) is 0 Å². The predicted molar refractivity (Wildman–Crippen MR) is 76.5 cm³/mol. The molecule has 2 unspecified atom stereocenters. The second-order valence-corrected chi connectivity index (χ2v) is 7.21. The van der Waals surface area contributed by atoms with Crippen LogP contribution in [0.1, 0.15) is 31.7 Å². The van der Waals surface area contributed by atoms with Crippen LogP contribution in [-0.4, -0.2) is 14.5 Å². The largest absolute Gasteiger partial charge is 0.326 e. The maximum Gasteiger partial charge on any atom is 0.240 e. The summed E-state index contributed by atoms with van der Waals surface area (Å²) in [6, 6.07) is 4.67. The lowest BCUT2D eigenvalue weighted by atomic mass is 10.1. The Morgan fingerprint density at radius 2 is 2.16 bits per heavy atom. The third-order valence-corrected chi connectivity index (χ3v) is 5.57. The van der Waals surface area contributed by atoms with E-state index in [4.69, 9.17) is 17.3 Å². The van der Waals surface area contributed by atoms with Crippen LogP contribution in [0.4, 0.5) is 0 Å². The van der Waals surface area contributed by atoms with Crippen molar-refractivity contribution in [1.29, 1.82) is 0 Å². The van der Waals surface area contributed by atoms with Crippen LogP contribution < -0.4 is 10.5 Å². The van der Waals surface area contributed by atoms with Gasteiger partial charge in [0.25, 0.3) is 0 Å². The molecular formula is C13H19ClN2O2S. The first-order valence-electron chi connectivity index (χ1n) is 6.45. The van der Waals surface area contributed by atoms with Crippen molar-refractivity contribution in [3.8, 4) is 0 Å². The molecule has 1 aliphatic carbocycles. The van der Waals surface area contributed by atoms with E-state index in [1.807, 2.05) is 0 Å². The average Bonchev–Trinajstić information content (AvgIpc) is 2.74. The highest BCUT2D eigenvalue weighted by atomic mass is 35.5. The minimum absolute atomic E-state index is 0.0296. The fourth-order valence-corrected chi connectivity index (χ4v) is 4.09. The van der Waals surface area contributed by atoms with E-state index in [9.17, 15) is 8.42 Å². The smallest absolute Gasteiger partial charge is 0.240 e. The van der Waals surface area contributed by atoms with E-state index >= 15 is 0 Å². The summed E-state index contributed by atoms with van der Waals surface area (Å²) >= 11 is 5.94. The van der Waals surface area contributed by atoms with Crippen molar-refractivity contribution in [3.05, 3.63) is 28.8 Å². The maximum atomic E-state index is 12.3. The molecule has 1 aliphatic rings. The first kappa shape index (κ1) is 14.8. The second-order valence-electron chi connectivity index (χ2n) is 5.09. The molecule has 6 heteroatoms. The van der Waals surface area contributed by atoms with E-state index in [2.05, 4.69) is 11.6 Å². The molecule has 0 saturated heterocycles. The molecule has 0 aliphatic heterocycles. The minimum atomic E-state index is -3.49. The summed E-state index contributed by atoms with van der Waals surface area (Å²) in [7, 11) is -3.49. The Bertz CT molecular complexity index is 560. The highest BCUT2D eigenvalue weighted by Gasteiger charge is 2.28. The number of nitrogens with two attached hydrogens (primary N) is 1. The number of rotatable bonds is 4. The molecule has 0 spiro atoms. The van der Waals surface area contributed by atoms with E-state index < -0.39 is 10.0 Å². The summed E-state index contributed by atoms with van der Waals surface area (Å²) < 4.78 is 27.4. The second kappa shape index (κ2) is 5.79. The van der Waals surface area contributed by atoms with Crippen molar-refractivity contribution in [2.24, 2.45) is 11.7 Å². The molecule has 0 heterocycles. The van der Waals surface area contributed by atoms with Gasteiger partial charge in [0.05, 0.1) is 4.90 Å². The topological polar surface area (TPSA) is 72.2 Å². The van der Waals surface area contributed by atoms with E-state index in [1.165, 1.54) is 6.07 Å². The highest BCUT2D eigenvalue weighted by molar-refractivity contribution is 7.89. The molecule has 1 aromatic rings. The van der Waals surface area contributed by atoms with Crippen molar-refractivity contribution in [3.63, 3.8) is 0 Å². The molecule has 4 nitrogen and oxygen atoms in total. The molecular weight excluding hydrogens is 284 g/mol. The molecule has 1 saturated carbocycles. The number of halogens is 1. The van der Waals surface area contributed by atoms with Crippen LogP contribution >= 0.6 is 11.6 Å². The van der Waals surface area contributed by atoms with Crippen LogP contribution in [0.25, 0.3) is 0 Å². The first-order valence-corrected chi connectivity index (χ1v) is 8.31. The van der Waals surface area contributed by atoms with Gasteiger partial charge in [-0.15, -0.1) is 0 Å². The molecule has 0 amide bonds.